The SMILES string of the molecule is C1=Cc2cc(CN3CCOCC3)ccc2Nc2ccc(CN3CCOCC3)cc21. The molecule has 2 fully saturated rings. The highest BCUT2D eigenvalue weighted by Crippen LogP contribution is 2.32. The molecule has 0 bridgehead atoms. The van der Waals surface area contributed by atoms with Crippen molar-refractivity contribution in [1.29, 1.82) is 0 Å². The summed E-state index contributed by atoms with van der Waals surface area (Å²) < 4.78 is 10.9. The molecule has 3 heterocycles. The molecule has 5 rings (SSSR count). The van der Waals surface area contributed by atoms with Crippen molar-refractivity contribution in [2.24, 2.45) is 0 Å². The maximum absolute atomic E-state index is 5.47. The van der Waals surface area contributed by atoms with Crippen molar-refractivity contribution < 1.29 is 9.47 Å². The molecule has 3 aliphatic rings. The Kier molecular flexibility index (Phi) is 5.63. The normalized spacial score (nSPS) is 19.9. The zero-order valence-electron chi connectivity index (χ0n) is 16.9. The summed E-state index contributed by atoms with van der Waals surface area (Å²) in [6, 6.07) is 13.5. The molecule has 2 saturated heterocycles. The summed E-state index contributed by atoms with van der Waals surface area (Å²) in [5.41, 5.74) is 7.56. The average Bonchev–Trinajstić information content (AvgIpc) is 2.94. The Morgan fingerprint density at radius 1 is 0.655 bits per heavy atom. The Labute approximate surface area is 172 Å². The smallest absolute Gasteiger partial charge is 0.0594 e. The minimum absolute atomic E-state index is 0.842. The van der Waals surface area contributed by atoms with E-state index in [-0.39, 0.29) is 0 Å². The second kappa shape index (κ2) is 8.67. The largest absolute Gasteiger partial charge is 0.379 e. The summed E-state index contributed by atoms with van der Waals surface area (Å²) in [4.78, 5) is 4.93. The third-order valence-corrected chi connectivity index (χ3v) is 5.96. The molecule has 0 aromatic heterocycles. The first-order chi connectivity index (χ1) is 14.3. The van der Waals surface area contributed by atoms with Gasteiger partial charge in [-0.05, 0) is 46.5 Å². The molecule has 0 atom stereocenters. The van der Waals surface area contributed by atoms with Crippen molar-refractivity contribution in [2.75, 3.05) is 57.9 Å². The third-order valence-electron chi connectivity index (χ3n) is 5.96. The van der Waals surface area contributed by atoms with Crippen molar-refractivity contribution in [3.05, 3.63) is 58.7 Å². The number of fused-ring (bicyclic) bond motifs is 2. The number of nitrogens with one attached hydrogen (secondary N) is 1. The van der Waals surface area contributed by atoms with E-state index in [0.29, 0.717) is 0 Å². The summed E-state index contributed by atoms with van der Waals surface area (Å²) in [7, 11) is 0. The van der Waals surface area contributed by atoms with E-state index in [1.165, 1.54) is 33.6 Å². The van der Waals surface area contributed by atoms with Gasteiger partial charge < -0.3 is 14.8 Å². The van der Waals surface area contributed by atoms with Crippen molar-refractivity contribution in [1.82, 2.24) is 9.80 Å². The number of rotatable bonds is 4. The molecule has 0 unspecified atom stereocenters. The summed E-state index contributed by atoms with van der Waals surface area (Å²) in [5, 5.41) is 3.63. The molecule has 1 N–H and O–H groups in total. The van der Waals surface area contributed by atoms with Crippen LogP contribution in [0, 0.1) is 0 Å². The van der Waals surface area contributed by atoms with Gasteiger partial charge in [0.2, 0.25) is 0 Å². The molecule has 0 aliphatic carbocycles. The fourth-order valence-electron chi connectivity index (χ4n) is 4.28. The quantitative estimate of drug-likeness (QED) is 0.736. The van der Waals surface area contributed by atoms with E-state index in [0.717, 1.165) is 65.7 Å². The van der Waals surface area contributed by atoms with Crippen molar-refractivity contribution in [3.63, 3.8) is 0 Å². The Morgan fingerprint density at radius 3 is 1.55 bits per heavy atom. The summed E-state index contributed by atoms with van der Waals surface area (Å²) in [5.74, 6) is 0. The number of benzene rings is 2. The van der Waals surface area contributed by atoms with Crippen LogP contribution >= 0.6 is 0 Å². The van der Waals surface area contributed by atoms with Crippen LogP contribution in [0.25, 0.3) is 12.2 Å². The maximum Gasteiger partial charge on any atom is 0.0594 e. The van der Waals surface area contributed by atoms with Crippen molar-refractivity contribution >= 4 is 23.5 Å². The van der Waals surface area contributed by atoms with Gasteiger partial charge in [-0.15, -0.1) is 0 Å². The van der Waals surface area contributed by atoms with Crippen LogP contribution in [0.3, 0.4) is 0 Å². The van der Waals surface area contributed by atoms with Crippen molar-refractivity contribution in [3.8, 4) is 0 Å². The highest BCUT2D eigenvalue weighted by atomic mass is 16.5. The molecule has 5 heteroatoms. The highest BCUT2D eigenvalue weighted by Gasteiger charge is 2.15. The lowest BCUT2D eigenvalue weighted by Crippen LogP contribution is -2.35. The van der Waals surface area contributed by atoms with Crippen LogP contribution in [0.5, 0.6) is 0 Å². The summed E-state index contributed by atoms with van der Waals surface area (Å²) >= 11 is 0. The van der Waals surface area contributed by atoms with Crippen LogP contribution in [0.4, 0.5) is 11.4 Å². The molecule has 3 aliphatic heterocycles. The Morgan fingerprint density at radius 2 is 1.10 bits per heavy atom. The second-order valence-electron chi connectivity index (χ2n) is 8.08. The van der Waals surface area contributed by atoms with Gasteiger partial charge in [0.1, 0.15) is 0 Å². The molecule has 2 aromatic carbocycles. The van der Waals surface area contributed by atoms with Gasteiger partial charge in [0.25, 0.3) is 0 Å². The van der Waals surface area contributed by atoms with Crippen LogP contribution in [0.15, 0.2) is 36.4 Å². The minimum atomic E-state index is 0.842. The fourth-order valence-corrected chi connectivity index (χ4v) is 4.28. The van der Waals surface area contributed by atoms with Crippen LogP contribution in [0.2, 0.25) is 0 Å². The first kappa shape index (κ1) is 18.8. The molecule has 152 valence electrons. The fraction of sp³-hybridized carbons (Fsp3) is 0.417. The van der Waals surface area contributed by atoms with Gasteiger partial charge in [0.15, 0.2) is 0 Å². The van der Waals surface area contributed by atoms with E-state index in [2.05, 4.69) is 63.7 Å². The second-order valence-corrected chi connectivity index (χ2v) is 8.08. The average molecular weight is 392 g/mol. The van der Waals surface area contributed by atoms with Gasteiger partial charge in [-0.25, -0.2) is 0 Å². The van der Waals surface area contributed by atoms with E-state index >= 15 is 0 Å². The zero-order chi connectivity index (χ0) is 19.5. The number of anilines is 2. The van der Waals surface area contributed by atoms with Crippen LogP contribution in [0.1, 0.15) is 22.3 Å². The third kappa shape index (κ3) is 4.54. The van der Waals surface area contributed by atoms with Gasteiger partial charge in [-0.3, -0.25) is 9.80 Å². The Bertz CT molecular complexity index is 812. The topological polar surface area (TPSA) is 37.0 Å². The molecule has 29 heavy (non-hydrogen) atoms. The van der Waals surface area contributed by atoms with Gasteiger partial charge in [-0.2, -0.15) is 0 Å². The van der Waals surface area contributed by atoms with Crippen LogP contribution in [-0.4, -0.2) is 62.4 Å². The van der Waals surface area contributed by atoms with Crippen LogP contribution < -0.4 is 5.32 Å². The number of morpholine rings is 2. The lowest BCUT2D eigenvalue weighted by Gasteiger charge is -2.27. The monoisotopic (exact) mass is 391 g/mol. The molecular weight excluding hydrogens is 362 g/mol. The number of hydrogen-bond donors (Lipinski definition) is 1. The molecule has 0 spiro atoms. The van der Waals surface area contributed by atoms with Gasteiger partial charge in [0, 0.05) is 50.6 Å². The molecule has 2 aromatic rings. The maximum atomic E-state index is 5.47. The lowest BCUT2D eigenvalue weighted by molar-refractivity contribution is 0.0341. The molecule has 5 nitrogen and oxygen atoms in total. The summed E-state index contributed by atoms with van der Waals surface area (Å²) in [6.07, 6.45) is 4.49. The number of hydrogen-bond acceptors (Lipinski definition) is 5. The highest BCUT2D eigenvalue weighted by molar-refractivity contribution is 5.87. The van der Waals surface area contributed by atoms with Gasteiger partial charge in [0.05, 0.1) is 26.4 Å². The molecule has 0 radical (unpaired) electrons. The zero-order valence-corrected chi connectivity index (χ0v) is 16.9. The number of ether oxygens (including phenoxy) is 2. The van der Waals surface area contributed by atoms with E-state index in [4.69, 9.17) is 9.47 Å². The lowest BCUT2D eigenvalue weighted by atomic mass is 10.1. The Balaban J connectivity index is 1.32. The molecule has 0 amide bonds. The first-order valence-electron chi connectivity index (χ1n) is 10.6. The van der Waals surface area contributed by atoms with E-state index < -0.39 is 0 Å². The Hall–Kier alpha value is -2.18. The minimum Gasteiger partial charge on any atom is -0.379 e. The van der Waals surface area contributed by atoms with Gasteiger partial charge in [-0.1, -0.05) is 24.3 Å². The first-order valence-corrected chi connectivity index (χ1v) is 10.6. The number of nitrogens with zero attached hydrogens (tertiary/aromatic N) is 2. The predicted molar refractivity (Wildman–Crippen MR) is 117 cm³/mol. The van der Waals surface area contributed by atoms with Gasteiger partial charge >= 0.3 is 0 Å². The summed E-state index contributed by atoms with van der Waals surface area (Å²) in [6.45, 7) is 9.41. The van der Waals surface area contributed by atoms with E-state index in [1.54, 1.807) is 0 Å². The molecular formula is C24H29N3O2. The standard InChI is InChI=1S/C24H29N3O2/c1-5-23-21(15-19(1)17-26-7-11-28-12-8-26)3-4-22-16-20(2-6-24(22)25-23)18-27-9-13-29-14-10-27/h1-6,15-16,25H,7-14,17-18H2. The van der Waals surface area contributed by atoms with Crippen LogP contribution in [-0.2, 0) is 22.6 Å². The molecule has 0 saturated carbocycles. The van der Waals surface area contributed by atoms with E-state index in [9.17, 15) is 0 Å². The predicted octanol–water partition coefficient (Wildman–Crippen LogP) is 3.58. The van der Waals surface area contributed by atoms with E-state index in [1.807, 2.05) is 0 Å². The van der Waals surface area contributed by atoms with Crippen molar-refractivity contribution in [2.45, 2.75) is 13.1 Å².